The van der Waals surface area contributed by atoms with Crippen molar-refractivity contribution in [2.24, 2.45) is 0 Å². The normalized spacial score (nSPS) is 9.54. The summed E-state index contributed by atoms with van der Waals surface area (Å²) in [5, 5.41) is 0. The summed E-state index contributed by atoms with van der Waals surface area (Å²) in [6.45, 7) is 0. The van der Waals surface area contributed by atoms with Crippen LogP contribution in [-0.4, -0.2) is 15.9 Å². The first kappa shape index (κ1) is 7.65. The lowest BCUT2D eigenvalue weighted by Gasteiger charge is -1.95. The second-order valence-electron chi connectivity index (χ2n) is 2.55. The van der Waals surface area contributed by atoms with Gasteiger partial charge in [-0.2, -0.15) is 0 Å². The van der Waals surface area contributed by atoms with E-state index in [9.17, 15) is 4.79 Å². The number of para-hydroxylation sites is 2. The Morgan fingerprint density at radius 1 is 1.23 bits per heavy atom. The summed E-state index contributed by atoms with van der Waals surface area (Å²) in [4.78, 5) is 18.4. The molecule has 13 heavy (non-hydrogen) atoms. The Bertz CT molecular complexity index is 487. The lowest BCUT2D eigenvalue weighted by atomic mass is 10.3. The van der Waals surface area contributed by atoms with E-state index in [1.807, 2.05) is 24.3 Å². The first-order valence-corrected chi connectivity index (χ1v) is 3.83. The Morgan fingerprint density at radius 2 is 2.00 bits per heavy atom. The van der Waals surface area contributed by atoms with Gasteiger partial charge in [-0.15, -0.1) is 0 Å². The Kier molecular flexibility index (Phi) is 1.87. The van der Waals surface area contributed by atoms with Crippen molar-refractivity contribution in [2.45, 2.75) is 0 Å². The topological polar surface area (TPSA) is 42.9 Å². The molecule has 3 nitrogen and oxygen atoms in total. The lowest BCUT2D eigenvalue weighted by Crippen LogP contribution is -1.86. The molecular weight excluding hydrogens is 164 g/mol. The van der Waals surface area contributed by atoms with Crippen LogP contribution in [0.25, 0.3) is 17.1 Å². The SMILES string of the molecule is O=C=Cc1cnc2ccccc2n1. The molecule has 0 amide bonds. The third-order valence-corrected chi connectivity index (χ3v) is 1.67. The Hall–Kier alpha value is -1.99. The van der Waals surface area contributed by atoms with Crippen molar-refractivity contribution in [3.8, 4) is 0 Å². The summed E-state index contributed by atoms with van der Waals surface area (Å²) in [7, 11) is 0. The average Bonchev–Trinajstić information content (AvgIpc) is 2.18. The van der Waals surface area contributed by atoms with Crippen LogP contribution in [0.5, 0.6) is 0 Å². The maximum atomic E-state index is 10.1. The predicted molar refractivity (Wildman–Crippen MR) is 49.7 cm³/mol. The van der Waals surface area contributed by atoms with Crippen LogP contribution in [0.15, 0.2) is 30.5 Å². The highest BCUT2D eigenvalue weighted by Gasteiger charge is 1.95. The fraction of sp³-hybridized carbons (Fsp3) is 0. The summed E-state index contributed by atoms with van der Waals surface area (Å²) in [5.74, 6) is 1.67. The van der Waals surface area contributed by atoms with E-state index in [-0.39, 0.29) is 0 Å². The van der Waals surface area contributed by atoms with Crippen molar-refractivity contribution < 1.29 is 4.79 Å². The van der Waals surface area contributed by atoms with Gasteiger partial charge >= 0.3 is 0 Å². The average molecular weight is 170 g/mol. The minimum absolute atomic E-state index is 0.536. The second kappa shape index (κ2) is 3.17. The molecule has 1 aromatic heterocycles. The van der Waals surface area contributed by atoms with Gasteiger partial charge < -0.3 is 0 Å². The molecular formula is C10H6N2O. The lowest BCUT2D eigenvalue weighted by molar-refractivity contribution is 0.570. The predicted octanol–water partition coefficient (Wildman–Crippen LogP) is 1.47. The van der Waals surface area contributed by atoms with Crippen LogP contribution < -0.4 is 0 Å². The van der Waals surface area contributed by atoms with Crippen molar-refractivity contribution in [1.29, 1.82) is 0 Å². The van der Waals surface area contributed by atoms with E-state index in [4.69, 9.17) is 0 Å². The van der Waals surface area contributed by atoms with Crippen LogP contribution in [0.4, 0.5) is 0 Å². The van der Waals surface area contributed by atoms with Gasteiger partial charge in [0.25, 0.3) is 0 Å². The summed E-state index contributed by atoms with van der Waals surface area (Å²) in [6, 6.07) is 7.50. The highest BCUT2D eigenvalue weighted by Crippen LogP contribution is 2.08. The monoisotopic (exact) mass is 170 g/mol. The molecule has 0 fully saturated rings. The maximum Gasteiger partial charge on any atom is 0.126 e. The van der Waals surface area contributed by atoms with Crippen molar-refractivity contribution in [3.05, 3.63) is 36.2 Å². The van der Waals surface area contributed by atoms with Gasteiger partial charge in [-0.1, -0.05) is 12.1 Å². The molecule has 2 aromatic rings. The summed E-state index contributed by atoms with van der Waals surface area (Å²) in [5.41, 5.74) is 2.14. The molecule has 0 saturated heterocycles. The molecule has 0 saturated carbocycles. The van der Waals surface area contributed by atoms with Crippen LogP contribution >= 0.6 is 0 Å². The zero-order valence-electron chi connectivity index (χ0n) is 6.77. The van der Waals surface area contributed by atoms with Crippen molar-refractivity contribution in [3.63, 3.8) is 0 Å². The van der Waals surface area contributed by atoms with Crippen LogP contribution in [0, 0.1) is 0 Å². The Labute approximate surface area is 74.8 Å². The molecule has 0 spiro atoms. The largest absolute Gasteiger partial charge is 0.252 e. The molecule has 1 aromatic carbocycles. The number of rotatable bonds is 1. The third kappa shape index (κ3) is 1.45. The first-order valence-electron chi connectivity index (χ1n) is 3.83. The molecule has 0 radical (unpaired) electrons. The maximum absolute atomic E-state index is 10.1. The standard InChI is InChI=1S/C10H6N2O/c13-6-5-8-7-11-9-3-1-2-4-10(9)12-8/h1-5,7H. The fourth-order valence-electron chi connectivity index (χ4n) is 1.10. The summed E-state index contributed by atoms with van der Waals surface area (Å²) >= 11 is 0. The van der Waals surface area contributed by atoms with Crippen molar-refractivity contribution in [2.75, 3.05) is 0 Å². The van der Waals surface area contributed by atoms with E-state index in [0.29, 0.717) is 5.69 Å². The van der Waals surface area contributed by atoms with E-state index >= 15 is 0 Å². The van der Waals surface area contributed by atoms with Crippen LogP contribution in [0.3, 0.4) is 0 Å². The quantitative estimate of drug-likeness (QED) is 0.609. The number of benzene rings is 1. The summed E-state index contributed by atoms with van der Waals surface area (Å²) in [6.07, 6.45) is 2.81. The van der Waals surface area contributed by atoms with Gasteiger partial charge in [0.1, 0.15) is 5.94 Å². The number of fused-ring (bicyclic) bond motifs is 1. The first-order chi connectivity index (χ1) is 6.40. The molecule has 0 aliphatic heterocycles. The molecule has 2 rings (SSSR count). The fourth-order valence-corrected chi connectivity index (χ4v) is 1.10. The van der Waals surface area contributed by atoms with E-state index in [2.05, 4.69) is 9.97 Å². The van der Waals surface area contributed by atoms with E-state index in [0.717, 1.165) is 11.0 Å². The molecule has 62 valence electrons. The van der Waals surface area contributed by atoms with Gasteiger partial charge in [-0.3, -0.25) is 4.98 Å². The molecule has 3 heteroatoms. The number of carbonyl (C=O) groups excluding carboxylic acids is 1. The third-order valence-electron chi connectivity index (χ3n) is 1.67. The highest BCUT2D eigenvalue weighted by molar-refractivity contribution is 5.78. The molecule has 0 aliphatic carbocycles. The minimum atomic E-state index is 0.536. The number of hydrogen-bond donors (Lipinski definition) is 0. The van der Waals surface area contributed by atoms with Crippen molar-refractivity contribution >= 4 is 23.1 Å². The molecule has 0 aliphatic rings. The molecule has 1 heterocycles. The summed E-state index contributed by atoms with van der Waals surface area (Å²) < 4.78 is 0. The smallest absolute Gasteiger partial charge is 0.126 e. The molecule has 0 atom stereocenters. The van der Waals surface area contributed by atoms with Crippen LogP contribution in [-0.2, 0) is 4.79 Å². The minimum Gasteiger partial charge on any atom is -0.252 e. The second-order valence-corrected chi connectivity index (χ2v) is 2.55. The van der Waals surface area contributed by atoms with E-state index in [1.165, 1.54) is 6.08 Å². The van der Waals surface area contributed by atoms with Crippen LogP contribution in [0.1, 0.15) is 5.69 Å². The zero-order valence-corrected chi connectivity index (χ0v) is 6.77. The Balaban J connectivity index is 2.68. The van der Waals surface area contributed by atoms with Gasteiger partial charge in [-0.25, -0.2) is 9.78 Å². The van der Waals surface area contributed by atoms with Gasteiger partial charge in [0, 0.05) is 6.08 Å². The van der Waals surface area contributed by atoms with Crippen molar-refractivity contribution in [1.82, 2.24) is 9.97 Å². The zero-order chi connectivity index (χ0) is 9.10. The number of aromatic nitrogens is 2. The van der Waals surface area contributed by atoms with E-state index in [1.54, 1.807) is 12.1 Å². The molecule has 0 N–H and O–H groups in total. The Morgan fingerprint density at radius 3 is 2.77 bits per heavy atom. The van der Waals surface area contributed by atoms with Gasteiger partial charge in [0.05, 0.1) is 22.9 Å². The van der Waals surface area contributed by atoms with Gasteiger partial charge in [-0.05, 0) is 12.1 Å². The van der Waals surface area contributed by atoms with E-state index < -0.39 is 0 Å². The molecule has 0 bridgehead atoms. The van der Waals surface area contributed by atoms with Crippen LogP contribution in [0.2, 0.25) is 0 Å². The van der Waals surface area contributed by atoms with Gasteiger partial charge in [0.15, 0.2) is 0 Å². The number of hydrogen-bond acceptors (Lipinski definition) is 3. The van der Waals surface area contributed by atoms with Gasteiger partial charge in [0.2, 0.25) is 0 Å². The highest BCUT2D eigenvalue weighted by atomic mass is 16.1. The molecule has 0 unspecified atom stereocenters. The number of nitrogens with zero attached hydrogens (tertiary/aromatic N) is 2.